The van der Waals surface area contributed by atoms with E-state index in [2.05, 4.69) is 12.1 Å². The van der Waals surface area contributed by atoms with Crippen LogP contribution in [0.1, 0.15) is 29.5 Å². The zero-order chi connectivity index (χ0) is 24.4. The third-order valence-corrected chi connectivity index (χ3v) is 6.73. The summed E-state index contributed by atoms with van der Waals surface area (Å²) in [5.74, 6) is -1.28. The molecule has 0 saturated heterocycles. The van der Waals surface area contributed by atoms with Crippen LogP contribution in [0.3, 0.4) is 0 Å². The summed E-state index contributed by atoms with van der Waals surface area (Å²) < 4.78 is 5.90. The molecule has 5 nitrogen and oxygen atoms in total. The van der Waals surface area contributed by atoms with Gasteiger partial charge < -0.3 is 9.84 Å². The number of carboxylic acid groups (broad SMARTS) is 1. The first-order valence-corrected chi connectivity index (χ1v) is 11.5. The second-order valence-electron chi connectivity index (χ2n) is 8.72. The van der Waals surface area contributed by atoms with E-state index in [1.165, 1.54) is 11.8 Å². The summed E-state index contributed by atoms with van der Waals surface area (Å²) in [6.07, 6.45) is -0.716. The molecule has 4 aromatic carbocycles. The number of anilines is 1. The third kappa shape index (κ3) is 3.85. The molecule has 0 unspecified atom stereocenters. The number of amides is 1. The average Bonchev–Trinajstić information content (AvgIpc) is 3.22. The predicted molar refractivity (Wildman–Crippen MR) is 135 cm³/mol. The number of fused-ring (bicyclic) bond motifs is 3. The number of nitrogens with zero attached hydrogens (tertiary/aromatic N) is 1. The highest BCUT2D eigenvalue weighted by atomic mass is 16.6. The van der Waals surface area contributed by atoms with Gasteiger partial charge in [0.15, 0.2) is 5.54 Å². The minimum absolute atomic E-state index is 0.0979. The monoisotopic (exact) mass is 463 g/mol. The fraction of sp³-hybridized carbons (Fsp3) is 0.133. The van der Waals surface area contributed by atoms with Gasteiger partial charge in [-0.15, -0.1) is 0 Å². The van der Waals surface area contributed by atoms with Gasteiger partial charge in [0, 0.05) is 11.6 Å². The number of rotatable bonds is 6. The van der Waals surface area contributed by atoms with Crippen molar-refractivity contribution < 1.29 is 19.4 Å². The molecular formula is C30H25NO4. The first kappa shape index (κ1) is 22.4. The molecule has 1 amide bonds. The van der Waals surface area contributed by atoms with E-state index in [9.17, 15) is 14.7 Å². The summed E-state index contributed by atoms with van der Waals surface area (Å²) in [4.78, 5) is 27.6. The van der Waals surface area contributed by atoms with Crippen LogP contribution in [0.2, 0.25) is 0 Å². The summed E-state index contributed by atoms with van der Waals surface area (Å²) in [6.45, 7) is 1.62. The lowest BCUT2D eigenvalue weighted by Crippen LogP contribution is -2.53. The Labute approximate surface area is 204 Å². The number of aliphatic carboxylic acids is 1. The predicted octanol–water partition coefficient (Wildman–Crippen LogP) is 6.44. The van der Waals surface area contributed by atoms with E-state index < -0.39 is 17.6 Å². The molecule has 0 bridgehead atoms. The molecular weight excluding hydrogens is 438 g/mol. The van der Waals surface area contributed by atoms with E-state index in [-0.39, 0.29) is 12.5 Å². The molecule has 1 atom stereocenters. The zero-order valence-corrected chi connectivity index (χ0v) is 19.3. The molecule has 35 heavy (non-hydrogen) atoms. The highest BCUT2D eigenvalue weighted by Crippen LogP contribution is 2.45. The minimum Gasteiger partial charge on any atom is -0.479 e. The molecule has 1 N–H and O–H groups in total. The Kier molecular flexibility index (Phi) is 5.83. The highest BCUT2D eigenvalue weighted by Gasteiger charge is 2.46. The Bertz CT molecular complexity index is 1320. The number of benzene rings is 4. The Morgan fingerprint density at radius 2 is 1.26 bits per heavy atom. The van der Waals surface area contributed by atoms with Crippen LogP contribution < -0.4 is 4.90 Å². The third-order valence-electron chi connectivity index (χ3n) is 6.73. The quantitative estimate of drug-likeness (QED) is 0.357. The molecule has 1 aliphatic rings. The fourth-order valence-corrected chi connectivity index (χ4v) is 4.89. The standard InChI is InChI=1S/C30H25NO4/c1-30(28(32)33,21-12-4-2-5-13-21)31(22-14-6-3-7-15-22)29(34)35-20-27-25-18-10-8-16-23(25)24-17-9-11-19-26(24)27/h2-19,27H,20H2,1H3,(H,32,33)/t30-/m1/s1. The SMILES string of the molecule is C[C@](C(=O)O)(c1ccccc1)N(C(=O)OCC1c2ccccc2-c2ccccc21)c1ccccc1. The maximum Gasteiger partial charge on any atom is 0.415 e. The van der Waals surface area contributed by atoms with Crippen molar-refractivity contribution in [3.05, 3.63) is 126 Å². The summed E-state index contributed by atoms with van der Waals surface area (Å²) in [5.41, 5.74) is 3.69. The molecule has 0 radical (unpaired) electrons. The van der Waals surface area contributed by atoms with Crippen molar-refractivity contribution in [3.63, 3.8) is 0 Å². The number of carboxylic acids is 1. The normalized spacial score (nSPS) is 13.9. The van der Waals surface area contributed by atoms with Crippen LogP contribution in [0.4, 0.5) is 10.5 Å². The number of carbonyl (C=O) groups excluding carboxylic acids is 1. The minimum atomic E-state index is -1.68. The van der Waals surface area contributed by atoms with Crippen molar-refractivity contribution in [2.24, 2.45) is 0 Å². The smallest absolute Gasteiger partial charge is 0.415 e. The highest BCUT2D eigenvalue weighted by molar-refractivity contribution is 5.98. The van der Waals surface area contributed by atoms with Crippen molar-refractivity contribution in [2.45, 2.75) is 18.4 Å². The zero-order valence-electron chi connectivity index (χ0n) is 19.3. The van der Waals surface area contributed by atoms with Gasteiger partial charge in [-0.2, -0.15) is 0 Å². The second-order valence-corrected chi connectivity index (χ2v) is 8.72. The Morgan fingerprint density at radius 3 is 1.80 bits per heavy atom. The van der Waals surface area contributed by atoms with Gasteiger partial charge in [0.05, 0.1) is 0 Å². The molecule has 0 aliphatic heterocycles. The number of ether oxygens (including phenoxy) is 1. The topological polar surface area (TPSA) is 66.8 Å². The number of para-hydroxylation sites is 1. The Hall–Kier alpha value is -4.38. The van der Waals surface area contributed by atoms with Gasteiger partial charge in [-0.1, -0.05) is 97.1 Å². The lowest BCUT2D eigenvalue weighted by atomic mass is 9.89. The Morgan fingerprint density at radius 1 is 0.771 bits per heavy atom. The van der Waals surface area contributed by atoms with Crippen molar-refractivity contribution in [1.82, 2.24) is 0 Å². The van der Waals surface area contributed by atoms with Gasteiger partial charge in [-0.25, -0.2) is 9.59 Å². The first-order chi connectivity index (χ1) is 17.0. The molecule has 0 spiro atoms. The molecule has 174 valence electrons. The Balaban J connectivity index is 1.51. The van der Waals surface area contributed by atoms with E-state index in [0.29, 0.717) is 11.3 Å². The summed E-state index contributed by atoms with van der Waals surface area (Å²) in [7, 11) is 0. The van der Waals surface area contributed by atoms with Gasteiger partial charge in [-0.05, 0) is 46.9 Å². The van der Waals surface area contributed by atoms with E-state index >= 15 is 0 Å². The summed E-state index contributed by atoms with van der Waals surface area (Å²) in [6, 6.07) is 33.7. The van der Waals surface area contributed by atoms with Crippen molar-refractivity contribution in [1.29, 1.82) is 0 Å². The van der Waals surface area contributed by atoms with Gasteiger partial charge in [0.2, 0.25) is 0 Å². The first-order valence-electron chi connectivity index (χ1n) is 11.5. The molecule has 0 fully saturated rings. The molecule has 1 aliphatic carbocycles. The van der Waals surface area contributed by atoms with E-state index in [0.717, 1.165) is 22.3 Å². The molecule has 0 saturated carbocycles. The summed E-state index contributed by atoms with van der Waals surface area (Å²) >= 11 is 0. The van der Waals surface area contributed by atoms with Gasteiger partial charge in [-0.3, -0.25) is 4.90 Å². The van der Waals surface area contributed by atoms with Crippen molar-refractivity contribution in [3.8, 4) is 11.1 Å². The van der Waals surface area contributed by atoms with Crippen LogP contribution in [0.5, 0.6) is 0 Å². The lowest BCUT2D eigenvalue weighted by Gasteiger charge is -2.37. The van der Waals surface area contributed by atoms with Gasteiger partial charge in [0.1, 0.15) is 6.61 Å². The second kappa shape index (κ2) is 9.11. The summed E-state index contributed by atoms with van der Waals surface area (Å²) in [5, 5.41) is 10.4. The average molecular weight is 464 g/mol. The van der Waals surface area contributed by atoms with Crippen molar-refractivity contribution >= 4 is 17.7 Å². The molecule has 0 aromatic heterocycles. The molecule has 5 rings (SSSR count). The lowest BCUT2D eigenvalue weighted by molar-refractivity contribution is -0.143. The fourth-order valence-electron chi connectivity index (χ4n) is 4.89. The largest absolute Gasteiger partial charge is 0.479 e. The van der Waals surface area contributed by atoms with Gasteiger partial charge >= 0.3 is 12.1 Å². The van der Waals surface area contributed by atoms with Crippen LogP contribution >= 0.6 is 0 Å². The van der Waals surface area contributed by atoms with Crippen LogP contribution in [0, 0.1) is 0 Å². The van der Waals surface area contributed by atoms with Crippen LogP contribution in [0.25, 0.3) is 11.1 Å². The number of carbonyl (C=O) groups is 2. The molecule has 5 heteroatoms. The maximum absolute atomic E-state index is 13.7. The van der Waals surface area contributed by atoms with Crippen LogP contribution in [-0.2, 0) is 15.1 Å². The van der Waals surface area contributed by atoms with Crippen LogP contribution in [-0.4, -0.2) is 23.8 Å². The van der Waals surface area contributed by atoms with Crippen molar-refractivity contribution in [2.75, 3.05) is 11.5 Å². The van der Waals surface area contributed by atoms with Gasteiger partial charge in [0.25, 0.3) is 0 Å². The van der Waals surface area contributed by atoms with Crippen LogP contribution in [0.15, 0.2) is 109 Å². The molecule has 0 heterocycles. The molecule has 4 aromatic rings. The number of hydrogen-bond donors (Lipinski definition) is 1. The van der Waals surface area contributed by atoms with E-state index in [4.69, 9.17) is 4.74 Å². The maximum atomic E-state index is 13.7. The number of hydrogen-bond acceptors (Lipinski definition) is 3. The van der Waals surface area contributed by atoms with E-state index in [1.807, 2.05) is 48.5 Å². The van der Waals surface area contributed by atoms with E-state index in [1.54, 1.807) is 48.5 Å².